The number of ketones is 1. The van der Waals surface area contributed by atoms with Crippen molar-refractivity contribution >= 4 is 23.0 Å². The summed E-state index contributed by atoms with van der Waals surface area (Å²) in [5, 5.41) is 2.23. The second kappa shape index (κ2) is 5.96. The number of carbonyl (C=O) groups is 2. The summed E-state index contributed by atoms with van der Waals surface area (Å²) in [4.78, 5) is 24.4. The summed E-state index contributed by atoms with van der Waals surface area (Å²) >= 11 is 0. The van der Waals surface area contributed by atoms with Gasteiger partial charge in [0.25, 0.3) is 11.7 Å². The number of anilines is 1. The Kier molecular flexibility index (Phi) is 3.97. The van der Waals surface area contributed by atoms with Gasteiger partial charge in [0.05, 0.1) is 5.56 Å². The molecule has 3 nitrogen and oxygen atoms in total. The van der Waals surface area contributed by atoms with Gasteiger partial charge in [-0.2, -0.15) is 13.2 Å². The fourth-order valence-corrected chi connectivity index (χ4v) is 2.58. The van der Waals surface area contributed by atoms with Gasteiger partial charge in [-0.3, -0.25) is 9.59 Å². The summed E-state index contributed by atoms with van der Waals surface area (Å²) in [5.41, 5.74) is 0.928. The van der Waals surface area contributed by atoms with Crippen molar-refractivity contribution in [3.63, 3.8) is 0 Å². The van der Waals surface area contributed by atoms with E-state index in [1.807, 2.05) is 12.1 Å². The van der Waals surface area contributed by atoms with Gasteiger partial charge in [0.1, 0.15) is 0 Å². The number of allylic oxidation sites excluding steroid dienone is 1. The third-order valence-electron chi connectivity index (χ3n) is 3.73. The Morgan fingerprint density at radius 1 is 1.00 bits per heavy atom. The molecular weight excluding hydrogens is 319 g/mol. The Bertz CT molecular complexity index is 853. The van der Waals surface area contributed by atoms with E-state index in [0.29, 0.717) is 12.0 Å². The van der Waals surface area contributed by atoms with E-state index < -0.39 is 23.4 Å². The molecule has 0 heterocycles. The van der Waals surface area contributed by atoms with Crippen molar-refractivity contribution in [1.29, 1.82) is 0 Å². The second-order valence-electron chi connectivity index (χ2n) is 5.34. The van der Waals surface area contributed by atoms with E-state index in [4.69, 9.17) is 0 Å². The van der Waals surface area contributed by atoms with Crippen LogP contribution in [0.2, 0.25) is 0 Å². The molecule has 1 aliphatic rings. The summed E-state index contributed by atoms with van der Waals surface area (Å²) in [5.74, 6) is -1.73. The van der Waals surface area contributed by atoms with Gasteiger partial charge in [0.2, 0.25) is 0 Å². The average molecular weight is 331 g/mol. The zero-order chi connectivity index (χ0) is 17.3. The number of Topliss-reactive ketones (excluding diaryl/α,β-unsaturated/α-hetero) is 1. The van der Waals surface area contributed by atoms with Crippen molar-refractivity contribution < 1.29 is 22.8 Å². The van der Waals surface area contributed by atoms with E-state index in [2.05, 4.69) is 5.32 Å². The third-order valence-corrected chi connectivity index (χ3v) is 3.73. The summed E-state index contributed by atoms with van der Waals surface area (Å²) < 4.78 is 38.1. The topological polar surface area (TPSA) is 46.2 Å². The van der Waals surface area contributed by atoms with Crippen LogP contribution < -0.4 is 5.32 Å². The molecule has 1 N–H and O–H groups in total. The number of alkyl halides is 3. The third kappa shape index (κ3) is 3.08. The number of carbonyl (C=O) groups excluding carboxylic acids is 2. The average Bonchev–Trinajstić information content (AvgIpc) is 2.97. The van der Waals surface area contributed by atoms with Crippen LogP contribution >= 0.6 is 0 Å². The van der Waals surface area contributed by atoms with Crippen LogP contribution in [0.25, 0.3) is 5.57 Å². The lowest BCUT2D eigenvalue weighted by atomic mass is 10.0. The first-order chi connectivity index (χ1) is 11.4. The summed E-state index contributed by atoms with van der Waals surface area (Å²) in [6.07, 6.45) is -2.32. The largest absolute Gasteiger partial charge is 0.416 e. The molecule has 6 heteroatoms. The van der Waals surface area contributed by atoms with E-state index in [1.54, 1.807) is 18.2 Å². The van der Waals surface area contributed by atoms with E-state index in [-0.39, 0.29) is 11.3 Å². The number of nitrogens with one attached hydrogen (secondary N) is 1. The first-order valence-electron chi connectivity index (χ1n) is 7.17. The number of fused-ring (bicyclic) bond motifs is 1. The van der Waals surface area contributed by atoms with Gasteiger partial charge >= 0.3 is 6.18 Å². The highest BCUT2D eigenvalue weighted by Gasteiger charge is 2.31. The van der Waals surface area contributed by atoms with Crippen LogP contribution in [-0.4, -0.2) is 11.7 Å². The zero-order valence-electron chi connectivity index (χ0n) is 12.4. The van der Waals surface area contributed by atoms with Crippen LogP contribution in [0.4, 0.5) is 18.9 Å². The molecule has 24 heavy (non-hydrogen) atoms. The Morgan fingerprint density at radius 2 is 1.75 bits per heavy atom. The molecule has 2 aromatic rings. The highest BCUT2D eigenvalue weighted by molar-refractivity contribution is 6.56. The smallest absolute Gasteiger partial charge is 0.319 e. The van der Waals surface area contributed by atoms with Gasteiger partial charge in [-0.05, 0) is 35.7 Å². The second-order valence-corrected chi connectivity index (χ2v) is 5.34. The summed E-state index contributed by atoms with van der Waals surface area (Å²) in [6.45, 7) is 0. The molecule has 2 aromatic carbocycles. The van der Waals surface area contributed by atoms with Gasteiger partial charge in [0.15, 0.2) is 0 Å². The Labute approximate surface area is 135 Å². The Balaban J connectivity index is 1.78. The fraction of sp³-hybridized carbons (Fsp3) is 0.111. The monoisotopic (exact) mass is 331 g/mol. The molecule has 0 unspecified atom stereocenters. The SMILES string of the molecule is O=C(Nc1cccc(C(F)(F)F)c1)C(=O)C1=CCc2ccccc21. The van der Waals surface area contributed by atoms with Crippen LogP contribution in [-0.2, 0) is 22.2 Å². The molecule has 0 radical (unpaired) electrons. The van der Waals surface area contributed by atoms with Crippen molar-refractivity contribution in [3.8, 4) is 0 Å². The number of rotatable bonds is 3. The van der Waals surface area contributed by atoms with Crippen molar-refractivity contribution in [2.24, 2.45) is 0 Å². The predicted octanol–water partition coefficient (Wildman–Crippen LogP) is 3.85. The van der Waals surface area contributed by atoms with Gasteiger partial charge in [-0.15, -0.1) is 0 Å². The maximum absolute atomic E-state index is 12.7. The molecule has 0 spiro atoms. The minimum absolute atomic E-state index is 0.0740. The van der Waals surface area contributed by atoms with E-state index in [0.717, 1.165) is 17.7 Å². The van der Waals surface area contributed by atoms with Crippen LogP contribution in [0.15, 0.2) is 54.6 Å². The van der Waals surface area contributed by atoms with Gasteiger partial charge in [0, 0.05) is 11.3 Å². The molecule has 0 bridgehead atoms. The molecule has 0 aromatic heterocycles. The molecule has 122 valence electrons. The molecule has 0 saturated heterocycles. The molecule has 0 atom stereocenters. The van der Waals surface area contributed by atoms with Gasteiger partial charge < -0.3 is 5.32 Å². The molecule has 3 rings (SSSR count). The van der Waals surface area contributed by atoms with Crippen LogP contribution in [0.3, 0.4) is 0 Å². The Hall–Kier alpha value is -2.89. The molecule has 0 saturated carbocycles. The van der Waals surface area contributed by atoms with Crippen molar-refractivity contribution in [2.45, 2.75) is 12.6 Å². The van der Waals surface area contributed by atoms with E-state index in [1.165, 1.54) is 12.1 Å². The highest BCUT2D eigenvalue weighted by Crippen LogP contribution is 2.31. The standard InChI is InChI=1S/C18H12F3NO2/c19-18(20,21)12-5-3-6-13(10-12)22-17(24)16(23)15-9-8-11-4-1-2-7-14(11)15/h1-7,9-10H,8H2,(H,22,24). The zero-order valence-corrected chi connectivity index (χ0v) is 12.4. The summed E-state index contributed by atoms with van der Waals surface area (Å²) in [7, 11) is 0. The first kappa shape index (κ1) is 16.0. The summed E-state index contributed by atoms with van der Waals surface area (Å²) in [6, 6.07) is 11.4. The molecule has 0 fully saturated rings. The first-order valence-corrected chi connectivity index (χ1v) is 7.17. The number of halogens is 3. The molecule has 1 amide bonds. The fourth-order valence-electron chi connectivity index (χ4n) is 2.58. The number of benzene rings is 2. The minimum Gasteiger partial charge on any atom is -0.319 e. The molecule has 0 aliphatic heterocycles. The van der Waals surface area contributed by atoms with Gasteiger partial charge in [-0.25, -0.2) is 0 Å². The van der Waals surface area contributed by atoms with Crippen LogP contribution in [0.5, 0.6) is 0 Å². The molecular formula is C18H12F3NO2. The van der Waals surface area contributed by atoms with E-state index >= 15 is 0 Å². The lowest BCUT2D eigenvalue weighted by Crippen LogP contribution is -2.23. The van der Waals surface area contributed by atoms with E-state index in [9.17, 15) is 22.8 Å². The number of amides is 1. The lowest BCUT2D eigenvalue weighted by molar-refractivity contribution is -0.137. The highest BCUT2D eigenvalue weighted by atomic mass is 19.4. The number of hydrogen-bond donors (Lipinski definition) is 1. The van der Waals surface area contributed by atoms with Crippen LogP contribution in [0, 0.1) is 0 Å². The maximum Gasteiger partial charge on any atom is 0.416 e. The quantitative estimate of drug-likeness (QED) is 0.868. The molecule has 1 aliphatic carbocycles. The van der Waals surface area contributed by atoms with Crippen molar-refractivity contribution in [1.82, 2.24) is 0 Å². The number of hydrogen-bond acceptors (Lipinski definition) is 2. The van der Waals surface area contributed by atoms with Crippen molar-refractivity contribution in [2.75, 3.05) is 5.32 Å². The normalized spacial score (nSPS) is 13.2. The lowest BCUT2D eigenvalue weighted by Gasteiger charge is -2.10. The maximum atomic E-state index is 12.7. The minimum atomic E-state index is -4.52. The van der Waals surface area contributed by atoms with Gasteiger partial charge in [-0.1, -0.05) is 36.4 Å². The van der Waals surface area contributed by atoms with Crippen LogP contribution in [0.1, 0.15) is 16.7 Å². The van der Waals surface area contributed by atoms with Crippen molar-refractivity contribution in [3.05, 3.63) is 71.3 Å². The Morgan fingerprint density at radius 3 is 2.50 bits per heavy atom. The predicted molar refractivity (Wildman–Crippen MR) is 83.2 cm³/mol.